The van der Waals surface area contributed by atoms with Crippen LogP contribution >= 0.6 is 0 Å². The number of aliphatic hydroxyl groups is 1. The van der Waals surface area contributed by atoms with Crippen molar-refractivity contribution < 1.29 is 32.7 Å². The number of aryl methyl sites for hydroxylation is 1. The number of alkyl halides is 3. The zero-order valence-electron chi connectivity index (χ0n) is 21.5. The van der Waals surface area contributed by atoms with Crippen LogP contribution in [-0.2, 0) is 15.8 Å². The number of pyridine rings is 2. The lowest BCUT2D eigenvalue weighted by molar-refractivity contribution is -0.141. The fourth-order valence-electron chi connectivity index (χ4n) is 3.75. The molecule has 0 aliphatic carbocycles. The van der Waals surface area contributed by atoms with Crippen molar-refractivity contribution in [1.29, 1.82) is 0 Å². The lowest BCUT2D eigenvalue weighted by Crippen LogP contribution is -2.15. The predicted molar refractivity (Wildman–Crippen MR) is 144 cm³/mol. The van der Waals surface area contributed by atoms with Gasteiger partial charge in [-0.3, -0.25) is 19.4 Å². The lowest BCUT2D eigenvalue weighted by Gasteiger charge is -2.14. The summed E-state index contributed by atoms with van der Waals surface area (Å²) in [5.74, 6) is -0.752. The molecule has 3 rings (SSSR count). The second-order valence-electron chi connectivity index (χ2n) is 8.55. The van der Waals surface area contributed by atoms with Gasteiger partial charge in [0, 0.05) is 43.4 Å². The van der Waals surface area contributed by atoms with Crippen LogP contribution in [0.1, 0.15) is 46.1 Å². The van der Waals surface area contributed by atoms with Crippen molar-refractivity contribution in [3.8, 4) is 0 Å². The number of amides is 3. The molecule has 4 N–H and O–H groups in total. The summed E-state index contributed by atoms with van der Waals surface area (Å²) in [5, 5.41) is 17.4. The molecule has 0 bridgehead atoms. The predicted octanol–water partition coefficient (Wildman–Crippen LogP) is 4.57. The highest BCUT2D eigenvalue weighted by Gasteiger charge is 2.33. The van der Waals surface area contributed by atoms with Gasteiger partial charge in [-0.15, -0.1) is 0 Å². The summed E-state index contributed by atoms with van der Waals surface area (Å²) in [6.07, 6.45) is 1.58. The molecule has 3 aromatic rings. The second-order valence-corrected chi connectivity index (χ2v) is 8.55. The molecule has 0 aliphatic heterocycles. The maximum Gasteiger partial charge on any atom is 0.433 e. The fourth-order valence-corrected chi connectivity index (χ4v) is 3.75. The lowest BCUT2D eigenvalue weighted by atomic mass is 9.95. The van der Waals surface area contributed by atoms with E-state index in [-0.39, 0.29) is 24.5 Å². The zero-order valence-corrected chi connectivity index (χ0v) is 21.5. The quantitative estimate of drug-likeness (QED) is 0.215. The average Bonchev–Trinajstić information content (AvgIpc) is 2.91. The third-order valence-corrected chi connectivity index (χ3v) is 5.57. The number of carbonyl (C=O) groups is 3. The molecule has 1 aromatic carbocycles. The van der Waals surface area contributed by atoms with Crippen molar-refractivity contribution in [2.45, 2.75) is 26.4 Å². The van der Waals surface area contributed by atoms with E-state index in [1.165, 1.54) is 25.4 Å². The van der Waals surface area contributed by atoms with Gasteiger partial charge in [-0.05, 0) is 83.7 Å². The molecule has 0 saturated heterocycles. The molecule has 0 saturated carbocycles. The molecule has 3 amide bonds. The summed E-state index contributed by atoms with van der Waals surface area (Å²) >= 11 is 0. The maximum absolute atomic E-state index is 13.0. The van der Waals surface area contributed by atoms with Gasteiger partial charge in [0.1, 0.15) is 11.5 Å². The van der Waals surface area contributed by atoms with Crippen molar-refractivity contribution in [3.63, 3.8) is 0 Å². The van der Waals surface area contributed by atoms with Crippen LogP contribution in [0.3, 0.4) is 0 Å². The van der Waals surface area contributed by atoms with Crippen LogP contribution in [0.5, 0.6) is 0 Å². The van der Waals surface area contributed by atoms with Gasteiger partial charge in [0.2, 0.25) is 12.3 Å². The van der Waals surface area contributed by atoms with E-state index >= 15 is 0 Å². The number of benzene rings is 1. The molecule has 0 fully saturated rings. The van der Waals surface area contributed by atoms with E-state index in [1.807, 2.05) is 0 Å². The van der Waals surface area contributed by atoms with Crippen molar-refractivity contribution in [2.75, 3.05) is 17.2 Å². The first kappa shape index (κ1) is 29.7. The first-order valence-corrected chi connectivity index (χ1v) is 11.9. The van der Waals surface area contributed by atoms with Gasteiger partial charge in [-0.2, -0.15) is 13.2 Å². The van der Waals surface area contributed by atoms with E-state index in [0.717, 1.165) is 11.8 Å². The van der Waals surface area contributed by atoms with Crippen molar-refractivity contribution in [1.82, 2.24) is 15.3 Å². The summed E-state index contributed by atoms with van der Waals surface area (Å²) in [6, 6.07) is 10.1. The van der Waals surface area contributed by atoms with E-state index in [0.29, 0.717) is 46.3 Å². The molecule has 12 heteroatoms. The van der Waals surface area contributed by atoms with Gasteiger partial charge in [0.15, 0.2) is 0 Å². The smallest absolute Gasteiger partial charge is 0.396 e. The molecule has 0 atom stereocenters. The van der Waals surface area contributed by atoms with E-state index in [4.69, 9.17) is 0 Å². The Hall–Kier alpha value is -4.84. The molecule has 0 unspecified atom stereocenters. The van der Waals surface area contributed by atoms with Crippen molar-refractivity contribution in [3.05, 3.63) is 95.1 Å². The SMILES string of the molecule is CC(=O)Nc1cc(/C(=C/C(=C\NC=O)c2cc(NC(=O)c3ccnc(C(F)(F)F)c3)ccc2C)CCO)ccn1. The van der Waals surface area contributed by atoms with E-state index in [2.05, 4.69) is 25.9 Å². The topological polar surface area (TPSA) is 133 Å². The Balaban J connectivity index is 2.00. The molecule has 40 heavy (non-hydrogen) atoms. The zero-order chi connectivity index (χ0) is 29.3. The van der Waals surface area contributed by atoms with Gasteiger partial charge in [0.25, 0.3) is 5.91 Å². The number of anilines is 2. The number of nitrogens with one attached hydrogen (secondary N) is 3. The number of allylic oxidation sites excluding steroid dienone is 2. The third kappa shape index (κ3) is 8.08. The Morgan fingerprint density at radius 1 is 1.00 bits per heavy atom. The molecular formula is C28H26F3N5O4. The van der Waals surface area contributed by atoms with Gasteiger partial charge >= 0.3 is 6.18 Å². The first-order valence-electron chi connectivity index (χ1n) is 11.9. The number of hydrogen-bond donors (Lipinski definition) is 4. The Labute approximate surface area is 227 Å². The third-order valence-electron chi connectivity index (χ3n) is 5.57. The van der Waals surface area contributed by atoms with Crippen LogP contribution in [0.2, 0.25) is 0 Å². The van der Waals surface area contributed by atoms with Gasteiger partial charge in [-0.25, -0.2) is 4.98 Å². The Bertz CT molecular complexity index is 1470. The van der Waals surface area contributed by atoms with Crippen LogP contribution in [0.4, 0.5) is 24.7 Å². The van der Waals surface area contributed by atoms with E-state index < -0.39 is 17.8 Å². The number of aliphatic hydroxyl groups excluding tert-OH is 1. The molecule has 0 radical (unpaired) electrons. The Kier molecular flexibility index (Phi) is 9.87. The molecular weight excluding hydrogens is 527 g/mol. The van der Waals surface area contributed by atoms with Crippen LogP contribution in [0, 0.1) is 6.92 Å². The number of rotatable bonds is 10. The largest absolute Gasteiger partial charge is 0.433 e. The number of halogens is 3. The van der Waals surface area contributed by atoms with Gasteiger partial charge in [-0.1, -0.05) is 6.07 Å². The van der Waals surface area contributed by atoms with E-state index in [9.17, 15) is 32.7 Å². The summed E-state index contributed by atoms with van der Waals surface area (Å²) < 4.78 is 39.1. The average molecular weight is 554 g/mol. The van der Waals surface area contributed by atoms with Crippen LogP contribution in [0.25, 0.3) is 11.1 Å². The maximum atomic E-state index is 13.0. The number of hydrogen-bond acceptors (Lipinski definition) is 6. The molecule has 2 heterocycles. The molecule has 2 aromatic heterocycles. The number of nitrogens with zero attached hydrogens (tertiary/aromatic N) is 2. The summed E-state index contributed by atoms with van der Waals surface area (Å²) in [6.45, 7) is 2.96. The van der Waals surface area contributed by atoms with Gasteiger partial charge < -0.3 is 21.1 Å². The summed E-state index contributed by atoms with van der Waals surface area (Å²) in [4.78, 5) is 42.7. The monoisotopic (exact) mass is 553 g/mol. The molecule has 0 spiro atoms. The molecule has 9 nitrogen and oxygen atoms in total. The first-order chi connectivity index (χ1) is 19.0. The van der Waals surface area contributed by atoms with Crippen LogP contribution < -0.4 is 16.0 Å². The van der Waals surface area contributed by atoms with E-state index in [1.54, 1.807) is 43.3 Å². The minimum Gasteiger partial charge on any atom is -0.396 e. The number of aromatic nitrogens is 2. The standard InChI is InChI=1S/C28H26F3N5O4/c1-17-3-4-23(36-27(40)21-6-8-33-25(12-21)28(29,30)31)14-24(17)22(15-32-16-38)11-20(7-10-37)19-5-9-34-26(13-19)35-18(2)39/h3-6,8-9,11-16,37H,7,10H2,1-2H3,(H,32,38)(H,36,40)(H,34,35,39)/b20-11+,22-15+. The fraction of sp³-hybridized carbons (Fsp3) is 0.179. The summed E-state index contributed by atoms with van der Waals surface area (Å²) in [5.41, 5.74) is 2.05. The highest BCUT2D eigenvalue weighted by molar-refractivity contribution is 6.04. The van der Waals surface area contributed by atoms with Crippen molar-refractivity contribution in [2.24, 2.45) is 0 Å². The minimum absolute atomic E-state index is 0.195. The molecule has 208 valence electrons. The van der Waals surface area contributed by atoms with Crippen molar-refractivity contribution >= 4 is 40.9 Å². The second kappa shape index (κ2) is 13.3. The molecule has 0 aliphatic rings. The highest BCUT2D eigenvalue weighted by Crippen LogP contribution is 2.30. The summed E-state index contributed by atoms with van der Waals surface area (Å²) in [7, 11) is 0. The Morgan fingerprint density at radius 3 is 2.40 bits per heavy atom. The van der Waals surface area contributed by atoms with Crippen LogP contribution in [-0.4, -0.2) is 39.9 Å². The van der Waals surface area contributed by atoms with Gasteiger partial charge in [0.05, 0.1) is 0 Å². The number of carbonyl (C=O) groups excluding carboxylic acids is 3. The highest BCUT2D eigenvalue weighted by atomic mass is 19.4. The minimum atomic E-state index is -4.70. The Morgan fingerprint density at radius 2 is 1.73 bits per heavy atom. The van der Waals surface area contributed by atoms with Crippen LogP contribution in [0.15, 0.2) is 67.1 Å². The normalized spacial score (nSPS) is 12.1.